The fourth-order valence-corrected chi connectivity index (χ4v) is 3.18. The molecule has 1 heterocycles. The van der Waals surface area contributed by atoms with Gasteiger partial charge in [0.25, 0.3) is 0 Å². The molecule has 1 aromatic heterocycles. The Labute approximate surface area is 103 Å². The first-order valence-electron chi connectivity index (χ1n) is 5.73. The van der Waals surface area contributed by atoms with Gasteiger partial charge in [0, 0.05) is 19.0 Å². The Morgan fingerprint density at radius 3 is 3.12 bits per heavy atom. The Bertz CT molecular complexity index is 379. The van der Waals surface area contributed by atoms with Crippen LogP contribution in [-0.2, 0) is 12.2 Å². The molecule has 1 saturated carbocycles. The topological polar surface area (TPSA) is 43.8 Å². The van der Waals surface area contributed by atoms with E-state index >= 15 is 0 Å². The minimum absolute atomic E-state index is 0.0362. The van der Waals surface area contributed by atoms with Crippen molar-refractivity contribution < 1.29 is 4.39 Å². The molecule has 90 valence electrons. The molecule has 0 aromatic carbocycles. The van der Waals surface area contributed by atoms with E-state index in [0.717, 1.165) is 17.3 Å². The summed E-state index contributed by atoms with van der Waals surface area (Å²) in [5.41, 5.74) is 5.21. The summed E-state index contributed by atoms with van der Waals surface area (Å²) in [5.74, 6) is 0. The van der Waals surface area contributed by atoms with Crippen LogP contribution in [0.15, 0.2) is 10.7 Å². The summed E-state index contributed by atoms with van der Waals surface area (Å²) in [6.45, 7) is 2.65. The van der Waals surface area contributed by atoms with Gasteiger partial charge in [0.1, 0.15) is 0 Å². The SMILES string of the molecule is CCn1ncc(Br)c1C1(F)CCCC(N)C1. The number of rotatable bonds is 2. The highest BCUT2D eigenvalue weighted by molar-refractivity contribution is 9.10. The number of aromatic nitrogens is 2. The van der Waals surface area contributed by atoms with Gasteiger partial charge in [-0.3, -0.25) is 4.68 Å². The largest absolute Gasteiger partial charge is 0.328 e. The van der Waals surface area contributed by atoms with Crippen molar-refractivity contribution in [2.75, 3.05) is 0 Å². The maximum Gasteiger partial charge on any atom is 0.155 e. The predicted molar refractivity (Wildman–Crippen MR) is 64.8 cm³/mol. The van der Waals surface area contributed by atoms with Crippen LogP contribution in [0.2, 0.25) is 0 Å². The third kappa shape index (κ3) is 2.02. The van der Waals surface area contributed by atoms with E-state index in [-0.39, 0.29) is 6.04 Å². The fraction of sp³-hybridized carbons (Fsp3) is 0.727. The summed E-state index contributed by atoms with van der Waals surface area (Å²) in [5, 5.41) is 4.17. The van der Waals surface area contributed by atoms with Crippen molar-refractivity contribution in [1.82, 2.24) is 9.78 Å². The van der Waals surface area contributed by atoms with Crippen molar-refractivity contribution in [2.45, 2.75) is 50.9 Å². The van der Waals surface area contributed by atoms with Crippen molar-refractivity contribution >= 4 is 15.9 Å². The van der Waals surface area contributed by atoms with Gasteiger partial charge in [-0.15, -0.1) is 0 Å². The number of nitrogens with two attached hydrogens (primary N) is 1. The Morgan fingerprint density at radius 1 is 1.75 bits per heavy atom. The van der Waals surface area contributed by atoms with Crippen molar-refractivity contribution in [1.29, 1.82) is 0 Å². The van der Waals surface area contributed by atoms with Gasteiger partial charge in [-0.2, -0.15) is 5.10 Å². The summed E-state index contributed by atoms with van der Waals surface area (Å²) >= 11 is 3.38. The average Bonchev–Trinajstić information content (AvgIpc) is 2.59. The molecule has 3 nitrogen and oxygen atoms in total. The molecule has 2 atom stereocenters. The number of aryl methyl sites for hydroxylation is 1. The minimum atomic E-state index is -1.32. The summed E-state index contributed by atoms with van der Waals surface area (Å²) in [4.78, 5) is 0. The highest BCUT2D eigenvalue weighted by Crippen LogP contribution is 2.43. The molecule has 1 aromatic rings. The molecule has 1 aliphatic rings. The van der Waals surface area contributed by atoms with Gasteiger partial charge in [0.05, 0.1) is 16.4 Å². The van der Waals surface area contributed by atoms with Crippen LogP contribution in [0.3, 0.4) is 0 Å². The first kappa shape index (κ1) is 12.0. The lowest BCUT2D eigenvalue weighted by atomic mass is 9.81. The zero-order chi connectivity index (χ0) is 11.8. The van der Waals surface area contributed by atoms with E-state index < -0.39 is 5.67 Å². The van der Waals surface area contributed by atoms with Crippen molar-refractivity contribution in [3.63, 3.8) is 0 Å². The molecule has 2 N–H and O–H groups in total. The molecule has 2 unspecified atom stereocenters. The average molecular weight is 290 g/mol. The van der Waals surface area contributed by atoms with Gasteiger partial charge in [0.2, 0.25) is 0 Å². The van der Waals surface area contributed by atoms with E-state index in [2.05, 4.69) is 21.0 Å². The second-order valence-corrected chi connectivity index (χ2v) is 5.33. The molecule has 1 fully saturated rings. The second-order valence-electron chi connectivity index (χ2n) is 4.48. The zero-order valence-electron chi connectivity index (χ0n) is 9.42. The molecule has 0 bridgehead atoms. The number of alkyl halides is 1. The lowest BCUT2D eigenvalue weighted by molar-refractivity contribution is 0.0834. The summed E-state index contributed by atoms with van der Waals surface area (Å²) in [6.07, 6.45) is 4.38. The quantitative estimate of drug-likeness (QED) is 0.910. The van der Waals surface area contributed by atoms with E-state index in [9.17, 15) is 4.39 Å². The molecule has 1 aliphatic carbocycles. The van der Waals surface area contributed by atoms with Crippen LogP contribution in [0.4, 0.5) is 4.39 Å². The normalized spacial score (nSPS) is 30.6. The standard InChI is InChI=1S/C11H17BrFN3/c1-2-16-10(9(12)7-15-16)11(13)5-3-4-8(14)6-11/h7-8H,2-6,14H2,1H3. The summed E-state index contributed by atoms with van der Waals surface area (Å²) in [6, 6.07) is -0.0362. The Hall–Kier alpha value is -0.420. The highest BCUT2D eigenvalue weighted by Gasteiger charge is 2.41. The maximum atomic E-state index is 14.9. The highest BCUT2D eigenvalue weighted by atomic mass is 79.9. The van der Waals surface area contributed by atoms with E-state index in [1.807, 2.05) is 6.92 Å². The van der Waals surface area contributed by atoms with Crippen molar-refractivity contribution in [3.05, 3.63) is 16.4 Å². The Balaban J connectivity index is 2.37. The van der Waals surface area contributed by atoms with Crippen LogP contribution in [0.5, 0.6) is 0 Å². The van der Waals surface area contributed by atoms with Crippen LogP contribution >= 0.6 is 15.9 Å². The first-order valence-corrected chi connectivity index (χ1v) is 6.52. The molecule has 0 spiro atoms. The molecule has 2 rings (SSSR count). The van der Waals surface area contributed by atoms with E-state index in [0.29, 0.717) is 25.1 Å². The number of hydrogen-bond donors (Lipinski definition) is 1. The van der Waals surface area contributed by atoms with Crippen LogP contribution in [0.25, 0.3) is 0 Å². The summed E-state index contributed by atoms with van der Waals surface area (Å²) < 4.78 is 17.4. The van der Waals surface area contributed by atoms with Gasteiger partial charge in [-0.25, -0.2) is 4.39 Å². The monoisotopic (exact) mass is 289 g/mol. The molecular weight excluding hydrogens is 273 g/mol. The van der Waals surface area contributed by atoms with Gasteiger partial charge >= 0.3 is 0 Å². The molecule has 5 heteroatoms. The van der Waals surface area contributed by atoms with E-state index in [4.69, 9.17) is 5.73 Å². The number of nitrogens with zero attached hydrogens (tertiary/aromatic N) is 2. The first-order chi connectivity index (χ1) is 7.57. The van der Waals surface area contributed by atoms with Crippen LogP contribution in [-0.4, -0.2) is 15.8 Å². The lowest BCUT2D eigenvalue weighted by Gasteiger charge is -2.33. The minimum Gasteiger partial charge on any atom is -0.328 e. The second kappa shape index (κ2) is 4.45. The van der Waals surface area contributed by atoms with E-state index in [1.165, 1.54) is 0 Å². The fourth-order valence-electron chi connectivity index (χ4n) is 2.53. The molecule has 16 heavy (non-hydrogen) atoms. The van der Waals surface area contributed by atoms with Crippen LogP contribution in [0.1, 0.15) is 38.3 Å². The number of hydrogen-bond acceptors (Lipinski definition) is 2. The lowest BCUT2D eigenvalue weighted by Crippen LogP contribution is -2.37. The van der Waals surface area contributed by atoms with Gasteiger partial charge in [-0.05, 0) is 42.1 Å². The van der Waals surface area contributed by atoms with Crippen LogP contribution < -0.4 is 5.73 Å². The third-order valence-corrected chi connectivity index (χ3v) is 3.83. The van der Waals surface area contributed by atoms with E-state index in [1.54, 1.807) is 10.9 Å². The smallest absolute Gasteiger partial charge is 0.155 e. The predicted octanol–water partition coefficient (Wildman–Crippen LogP) is 2.73. The zero-order valence-corrected chi connectivity index (χ0v) is 11.0. The Kier molecular flexibility index (Phi) is 3.35. The van der Waals surface area contributed by atoms with Crippen LogP contribution in [0, 0.1) is 0 Å². The van der Waals surface area contributed by atoms with Crippen molar-refractivity contribution in [3.8, 4) is 0 Å². The summed E-state index contributed by atoms with van der Waals surface area (Å²) in [7, 11) is 0. The third-order valence-electron chi connectivity index (χ3n) is 3.25. The molecule has 0 amide bonds. The van der Waals surface area contributed by atoms with Crippen molar-refractivity contribution in [2.24, 2.45) is 5.73 Å². The van der Waals surface area contributed by atoms with Gasteiger partial charge in [-0.1, -0.05) is 0 Å². The molecule has 0 aliphatic heterocycles. The Morgan fingerprint density at radius 2 is 2.50 bits per heavy atom. The molecule has 0 saturated heterocycles. The maximum absolute atomic E-state index is 14.9. The van der Waals surface area contributed by atoms with Gasteiger partial charge < -0.3 is 5.73 Å². The molecule has 0 radical (unpaired) electrons. The number of halogens is 2. The molecular formula is C11H17BrFN3. The van der Waals surface area contributed by atoms with Gasteiger partial charge in [0.15, 0.2) is 5.67 Å².